The number of nitrogens with zero attached hydrogens (tertiary/aromatic N) is 3. The van der Waals surface area contributed by atoms with E-state index in [0.717, 1.165) is 25.0 Å². The van der Waals surface area contributed by atoms with Crippen molar-refractivity contribution in [2.45, 2.75) is 34.1 Å². The van der Waals surface area contributed by atoms with Gasteiger partial charge in [0.15, 0.2) is 0 Å². The van der Waals surface area contributed by atoms with Crippen LogP contribution < -0.4 is 4.90 Å². The number of methoxy groups -OCH3 is 1. The highest BCUT2D eigenvalue weighted by molar-refractivity contribution is 6.01. The first-order chi connectivity index (χ1) is 13.0. The van der Waals surface area contributed by atoms with Gasteiger partial charge in [-0.3, -0.25) is 4.68 Å². The van der Waals surface area contributed by atoms with Gasteiger partial charge in [-0.15, -0.1) is 12.4 Å². The number of hydrogen-bond donors (Lipinski definition) is 0. The van der Waals surface area contributed by atoms with E-state index in [1.165, 1.54) is 39.0 Å². The van der Waals surface area contributed by atoms with Gasteiger partial charge in [-0.1, -0.05) is 36.8 Å². The Morgan fingerprint density at radius 3 is 2.36 bits per heavy atom. The van der Waals surface area contributed by atoms with Crippen LogP contribution in [-0.4, -0.2) is 36.6 Å². The zero-order valence-electron chi connectivity index (χ0n) is 17.9. The second-order valence-electron chi connectivity index (χ2n) is 7.40. The first-order valence-corrected chi connectivity index (χ1v) is 9.75. The maximum atomic E-state index is 5.33. The van der Waals surface area contributed by atoms with Gasteiger partial charge in [0.1, 0.15) is 11.3 Å². The lowest BCUT2D eigenvalue weighted by Gasteiger charge is -2.24. The molecule has 0 bridgehead atoms. The Morgan fingerprint density at radius 1 is 1.07 bits per heavy atom. The molecule has 2 aromatic carbocycles. The molecule has 3 rings (SSSR count). The van der Waals surface area contributed by atoms with Gasteiger partial charge in [0.05, 0.1) is 6.61 Å². The van der Waals surface area contributed by atoms with Crippen molar-refractivity contribution in [1.29, 1.82) is 0 Å². The quantitative estimate of drug-likeness (QED) is 0.527. The normalized spacial score (nSPS) is 10.9. The maximum absolute atomic E-state index is 5.33. The third kappa shape index (κ3) is 4.18. The third-order valence-electron chi connectivity index (χ3n) is 5.14. The van der Waals surface area contributed by atoms with Crippen LogP contribution in [0.2, 0.25) is 0 Å². The molecule has 1 heterocycles. The Bertz CT molecular complexity index is 925. The van der Waals surface area contributed by atoms with E-state index in [0.29, 0.717) is 6.61 Å². The molecule has 0 aliphatic carbocycles. The Hall–Kier alpha value is -2.04. The zero-order chi connectivity index (χ0) is 19.6. The van der Waals surface area contributed by atoms with Crippen LogP contribution in [0, 0.1) is 20.8 Å². The van der Waals surface area contributed by atoms with Crippen molar-refractivity contribution in [3.63, 3.8) is 0 Å². The average Bonchev–Trinajstić information content (AvgIpc) is 2.94. The van der Waals surface area contributed by atoms with Gasteiger partial charge in [-0.25, -0.2) is 0 Å². The number of halogens is 1. The van der Waals surface area contributed by atoms with Crippen molar-refractivity contribution >= 4 is 29.1 Å². The second-order valence-corrected chi connectivity index (χ2v) is 7.40. The first-order valence-electron chi connectivity index (χ1n) is 9.75. The summed E-state index contributed by atoms with van der Waals surface area (Å²) < 4.78 is 7.36. The van der Waals surface area contributed by atoms with E-state index in [2.05, 4.69) is 62.9 Å². The van der Waals surface area contributed by atoms with E-state index in [1.54, 1.807) is 7.11 Å². The fourth-order valence-electron chi connectivity index (χ4n) is 4.18. The van der Waals surface area contributed by atoms with E-state index in [4.69, 9.17) is 9.84 Å². The minimum absolute atomic E-state index is 0. The van der Waals surface area contributed by atoms with Gasteiger partial charge >= 0.3 is 0 Å². The summed E-state index contributed by atoms with van der Waals surface area (Å²) in [6.45, 7) is 11.3. The summed E-state index contributed by atoms with van der Waals surface area (Å²) in [6, 6.07) is 11.1. The van der Waals surface area contributed by atoms with E-state index in [-0.39, 0.29) is 12.4 Å². The van der Waals surface area contributed by atoms with Gasteiger partial charge in [-0.05, 0) is 49.9 Å². The van der Waals surface area contributed by atoms with Crippen LogP contribution >= 0.6 is 12.4 Å². The Labute approximate surface area is 174 Å². The van der Waals surface area contributed by atoms with Gasteiger partial charge in [0, 0.05) is 38.2 Å². The molecule has 0 aliphatic rings. The number of aromatic nitrogens is 2. The van der Waals surface area contributed by atoms with Crippen molar-refractivity contribution in [2.75, 3.05) is 31.7 Å². The molecule has 0 amide bonds. The van der Waals surface area contributed by atoms with Crippen LogP contribution in [-0.2, 0) is 11.8 Å². The molecular formula is C23H32ClN3O. The molecular weight excluding hydrogens is 370 g/mol. The highest BCUT2D eigenvalue weighted by Crippen LogP contribution is 2.36. The molecule has 0 spiro atoms. The number of anilines is 1. The summed E-state index contributed by atoms with van der Waals surface area (Å²) in [6.07, 6.45) is 1.09. The summed E-state index contributed by atoms with van der Waals surface area (Å²) in [7, 11) is 3.80. The van der Waals surface area contributed by atoms with Crippen LogP contribution in [0.15, 0.2) is 30.3 Å². The number of rotatable bonds is 7. The lowest BCUT2D eigenvalue weighted by molar-refractivity contribution is 0.205. The number of benzene rings is 2. The molecule has 4 nitrogen and oxygen atoms in total. The topological polar surface area (TPSA) is 30.3 Å². The molecule has 28 heavy (non-hydrogen) atoms. The molecule has 0 atom stereocenters. The van der Waals surface area contributed by atoms with E-state index in [1.807, 2.05) is 11.7 Å². The standard InChI is InChI=1S/C23H31N3O.ClH/c1-7-11-26(12-13-27-6)23-20-10-8-9-19(22(20)24-25(23)5)21-17(3)14-16(2)15-18(21)4;/h8-10,14-15H,7,11-13H2,1-6H3;1H. The van der Waals surface area contributed by atoms with Crippen molar-refractivity contribution in [3.8, 4) is 11.1 Å². The van der Waals surface area contributed by atoms with Crippen molar-refractivity contribution in [1.82, 2.24) is 9.78 Å². The molecule has 152 valence electrons. The molecule has 1 aromatic heterocycles. The zero-order valence-corrected chi connectivity index (χ0v) is 18.7. The van der Waals surface area contributed by atoms with Crippen LogP contribution in [0.25, 0.3) is 22.0 Å². The molecule has 0 radical (unpaired) electrons. The van der Waals surface area contributed by atoms with Crippen molar-refractivity contribution in [3.05, 3.63) is 47.0 Å². The number of aryl methyl sites for hydroxylation is 4. The minimum Gasteiger partial charge on any atom is -0.383 e. The molecule has 0 N–H and O–H groups in total. The average molecular weight is 402 g/mol. The Morgan fingerprint density at radius 2 is 1.75 bits per heavy atom. The van der Waals surface area contributed by atoms with Gasteiger partial charge in [0.2, 0.25) is 0 Å². The molecule has 0 aliphatic heterocycles. The van der Waals surface area contributed by atoms with Gasteiger partial charge < -0.3 is 9.64 Å². The summed E-state index contributed by atoms with van der Waals surface area (Å²) in [5.41, 5.74) is 7.50. The lowest BCUT2D eigenvalue weighted by Crippen LogP contribution is -2.29. The molecule has 0 saturated carbocycles. The molecule has 0 fully saturated rings. The smallest absolute Gasteiger partial charge is 0.134 e. The fourth-order valence-corrected chi connectivity index (χ4v) is 4.18. The number of hydrogen-bond acceptors (Lipinski definition) is 3. The molecule has 3 aromatic rings. The monoisotopic (exact) mass is 401 g/mol. The highest BCUT2D eigenvalue weighted by Gasteiger charge is 2.19. The molecule has 0 saturated heterocycles. The summed E-state index contributed by atoms with van der Waals surface area (Å²) in [5, 5.41) is 6.15. The lowest BCUT2D eigenvalue weighted by atomic mass is 9.92. The minimum atomic E-state index is 0. The second kappa shape index (κ2) is 9.44. The largest absolute Gasteiger partial charge is 0.383 e. The Kier molecular flexibility index (Phi) is 7.50. The SMILES string of the molecule is CCCN(CCOC)c1c2cccc(-c3c(C)cc(C)cc3C)c2nn1C.Cl. The fraction of sp³-hybridized carbons (Fsp3) is 0.435. The van der Waals surface area contributed by atoms with Crippen molar-refractivity contribution < 1.29 is 4.74 Å². The number of ether oxygens (including phenoxy) is 1. The van der Waals surface area contributed by atoms with E-state index in [9.17, 15) is 0 Å². The first kappa shape index (κ1) is 22.3. The highest BCUT2D eigenvalue weighted by atomic mass is 35.5. The van der Waals surface area contributed by atoms with E-state index >= 15 is 0 Å². The van der Waals surface area contributed by atoms with Crippen LogP contribution in [0.1, 0.15) is 30.0 Å². The molecule has 0 unspecified atom stereocenters. The number of fused-ring (bicyclic) bond motifs is 1. The summed E-state index contributed by atoms with van der Waals surface area (Å²) >= 11 is 0. The van der Waals surface area contributed by atoms with Crippen LogP contribution in [0.3, 0.4) is 0 Å². The third-order valence-corrected chi connectivity index (χ3v) is 5.14. The maximum Gasteiger partial charge on any atom is 0.134 e. The van der Waals surface area contributed by atoms with Gasteiger partial charge in [-0.2, -0.15) is 5.10 Å². The predicted octanol–water partition coefficient (Wildman–Crippen LogP) is 5.45. The molecule has 5 heteroatoms. The summed E-state index contributed by atoms with van der Waals surface area (Å²) in [4.78, 5) is 2.39. The van der Waals surface area contributed by atoms with Crippen LogP contribution in [0.5, 0.6) is 0 Å². The Balaban J connectivity index is 0.00000280. The van der Waals surface area contributed by atoms with Crippen molar-refractivity contribution in [2.24, 2.45) is 7.05 Å². The van der Waals surface area contributed by atoms with Gasteiger partial charge in [0.25, 0.3) is 0 Å². The summed E-state index contributed by atoms with van der Waals surface area (Å²) in [5.74, 6) is 1.17. The van der Waals surface area contributed by atoms with E-state index < -0.39 is 0 Å². The predicted molar refractivity (Wildman–Crippen MR) is 122 cm³/mol. The van der Waals surface area contributed by atoms with Crippen LogP contribution in [0.4, 0.5) is 5.82 Å².